The number of rotatable bonds is 5. The third kappa shape index (κ3) is 4.47. The zero-order chi connectivity index (χ0) is 19.4. The van der Waals surface area contributed by atoms with Gasteiger partial charge in [-0.15, -0.1) is 11.3 Å². The summed E-state index contributed by atoms with van der Waals surface area (Å²) < 4.78 is 18.8. The van der Waals surface area contributed by atoms with E-state index in [0.717, 1.165) is 4.88 Å². The van der Waals surface area contributed by atoms with E-state index in [4.69, 9.17) is 4.74 Å². The number of nitrogens with one attached hydrogen (secondary N) is 1. The van der Waals surface area contributed by atoms with E-state index in [0.29, 0.717) is 31.5 Å². The van der Waals surface area contributed by atoms with Crippen LogP contribution in [0.5, 0.6) is 5.75 Å². The van der Waals surface area contributed by atoms with Crippen LogP contribution in [0, 0.1) is 11.7 Å². The zero-order valence-electron chi connectivity index (χ0n) is 15.4. The van der Waals surface area contributed by atoms with Crippen molar-refractivity contribution in [1.82, 2.24) is 10.2 Å². The van der Waals surface area contributed by atoms with Gasteiger partial charge in [-0.3, -0.25) is 9.59 Å². The van der Waals surface area contributed by atoms with Gasteiger partial charge < -0.3 is 15.0 Å². The lowest BCUT2D eigenvalue weighted by atomic mass is 9.95. The maximum Gasteiger partial charge on any atom is 0.263 e. The maximum atomic E-state index is 13.9. The van der Waals surface area contributed by atoms with E-state index >= 15 is 0 Å². The molecule has 2 aromatic rings. The van der Waals surface area contributed by atoms with Crippen molar-refractivity contribution < 1.29 is 18.7 Å². The van der Waals surface area contributed by atoms with Crippen molar-refractivity contribution in [2.45, 2.75) is 25.8 Å². The number of likely N-dealkylation sites (tertiary alicyclic amines) is 1. The maximum absolute atomic E-state index is 13.9. The summed E-state index contributed by atoms with van der Waals surface area (Å²) >= 11 is 1.43. The Morgan fingerprint density at radius 3 is 2.63 bits per heavy atom. The van der Waals surface area contributed by atoms with Gasteiger partial charge in [0.1, 0.15) is 0 Å². The SMILES string of the molecule is COc1ccc([C@@H](C)NC(=O)C2CCN(C(=O)c3cccs3)CC2)cc1F. The average molecular weight is 390 g/mol. The summed E-state index contributed by atoms with van der Waals surface area (Å²) in [6, 6.07) is 8.07. The van der Waals surface area contributed by atoms with Crippen LogP contribution in [0.1, 0.15) is 41.0 Å². The molecular weight excluding hydrogens is 367 g/mol. The minimum Gasteiger partial charge on any atom is -0.494 e. The van der Waals surface area contributed by atoms with Crippen LogP contribution in [0.4, 0.5) is 4.39 Å². The molecule has 1 aromatic heterocycles. The fraction of sp³-hybridized carbons (Fsp3) is 0.400. The summed E-state index contributed by atoms with van der Waals surface area (Å²) in [6.07, 6.45) is 1.26. The van der Waals surface area contributed by atoms with Gasteiger partial charge in [0, 0.05) is 19.0 Å². The molecule has 1 atom stereocenters. The first kappa shape index (κ1) is 19.4. The smallest absolute Gasteiger partial charge is 0.263 e. The summed E-state index contributed by atoms with van der Waals surface area (Å²) in [5, 5.41) is 4.84. The normalized spacial score (nSPS) is 16.0. The van der Waals surface area contributed by atoms with Gasteiger partial charge in [-0.05, 0) is 48.9 Å². The average Bonchev–Trinajstić information content (AvgIpc) is 3.22. The number of carbonyl (C=O) groups is 2. The largest absolute Gasteiger partial charge is 0.494 e. The highest BCUT2D eigenvalue weighted by molar-refractivity contribution is 7.12. The van der Waals surface area contributed by atoms with Crippen LogP contribution in [-0.2, 0) is 4.79 Å². The molecule has 0 aliphatic carbocycles. The van der Waals surface area contributed by atoms with Crippen LogP contribution >= 0.6 is 11.3 Å². The number of hydrogen-bond donors (Lipinski definition) is 1. The van der Waals surface area contributed by atoms with Crippen LogP contribution in [0.25, 0.3) is 0 Å². The van der Waals surface area contributed by atoms with Gasteiger partial charge in [-0.2, -0.15) is 0 Å². The zero-order valence-corrected chi connectivity index (χ0v) is 16.2. The van der Waals surface area contributed by atoms with Gasteiger partial charge in [0.05, 0.1) is 18.0 Å². The number of nitrogens with zero attached hydrogens (tertiary/aromatic N) is 1. The lowest BCUT2D eigenvalue weighted by Gasteiger charge is -2.31. The van der Waals surface area contributed by atoms with E-state index in [1.54, 1.807) is 17.0 Å². The Balaban J connectivity index is 1.53. The highest BCUT2D eigenvalue weighted by atomic mass is 32.1. The molecular formula is C20H23FN2O3S. The van der Waals surface area contributed by atoms with Crippen LogP contribution in [0.3, 0.4) is 0 Å². The number of piperidine rings is 1. The molecule has 1 aromatic carbocycles. The molecule has 1 saturated heterocycles. The Kier molecular flexibility index (Phi) is 6.11. The van der Waals surface area contributed by atoms with Crippen LogP contribution in [0.15, 0.2) is 35.7 Å². The number of ether oxygens (including phenoxy) is 1. The van der Waals surface area contributed by atoms with Crippen molar-refractivity contribution in [2.75, 3.05) is 20.2 Å². The summed E-state index contributed by atoms with van der Waals surface area (Å²) in [6.45, 7) is 2.97. The van der Waals surface area contributed by atoms with Crippen molar-refractivity contribution in [2.24, 2.45) is 5.92 Å². The first-order valence-corrected chi connectivity index (χ1v) is 9.84. The standard InChI is InChI=1S/C20H23FN2O3S/c1-13(15-5-6-17(26-2)16(21)12-15)22-19(24)14-7-9-23(10-8-14)20(25)18-4-3-11-27-18/h3-6,11-14H,7-10H2,1-2H3,(H,22,24)/t13-/m1/s1. The predicted octanol–water partition coefficient (Wildman–Crippen LogP) is 3.63. The molecule has 0 saturated carbocycles. The number of benzene rings is 1. The molecule has 0 unspecified atom stereocenters. The molecule has 27 heavy (non-hydrogen) atoms. The van der Waals surface area contributed by atoms with E-state index in [1.807, 2.05) is 24.4 Å². The molecule has 3 rings (SSSR count). The van der Waals surface area contributed by atoms with E-state index in [2.05, 4.69) is 5.32 Å². The van der Waals surface area contributed by atoms with Gasteiger partial charge in [-0.1, -0.05) is 12.1 Å². The lowest BCUT2D eigenvalue weighted by molar-refractivity contribution is -0.127. The van der Waals surface area contributed by atoms with Crippen molar-refractivity contribution in [3.8, 4) is 5.75 Å². The summed E-state index contributed by atoms with van der Waals surface area (Å²) in [4.78, 5) is 27.5. The second kappa shape index (κ2) is 8.52. The van der Waals surface area contributed by atoms with E-state index < -0.39 is 5.82 Å². The first-order chi connectivity index (χ1) is 13.0. The number of methoxy groups -OCH3 is 1. The van der Waals surface area contributed by atoms with Crippen molar-refractivity contribution >= 4 is 23.2 Å². The Morgan fingerprint density at radius 1 is 1.30 bits per heavy atom. The monoisotopic (exact) mass is 390 g/mol. The molecule has 1 aliphatic rings. The van der Waals surface area contributed by atoms with Crippen LogP contribution in [0.2, 0.25) is 0 Å². The minimum atomic E-state index is -0.448. The first-order valence-electron chi connectivity index (χ1n) is 8.96. The minimum absolute atomic E-state index is 0.0333. The fourth-order valence-corrected chi connectivity index (χ4v) is 3.96. The van der Waals surface area contributed by atoms with Gasteiger partial charge in [0.15, 0.2) is 11.6 Å². The molecule has 0 spiro atoms. The Labute approximate surface area is 162 Å². The van der Waals surface area contributed by atoms with Gasteiger partial charge in [0.25, 0.3) is 5.91 Å². The highest BCUT2D eigenvalue weighted by Crippen LogP contribution is 2.24. The van der Waals surface area contributed by atoms with Gasteiger partial charge in [-0.25, -0.2) is 4.39 Å². The number of carbonyl (C=O) groups excluding carboxylic acids is 2. The van der Waals surface area contributed by atoms with E-state index in [-0.39, 0.29) is 29.5 Å². The van der Waals surface area contributed by atoms with Crippen molar-refractivity contribution in [1.29, 1.82) is 0 Å². The van der Waals surface area contributed by atoms with Gasteiger partial charge >= 0.3 is 0 Å². The van der Waals surface area contributed by atoms with Crippen LogP contribution in [-0.4, -0.2) is 36.9 Å². The lowest BCUT2D eigenvalue weighted by Crippen LogP contribution is -2.43. The molecule has 2 heterocycles. The molecule has 7 heteroatoms. The van der Waals surface area contributed by atoms with E-state index in [9.17, 15) is 14.0 Å². The van der Waals surface area contributed by atoms with Crippen molar-refractivity contribution in [3.05, 3.63) is 52.0 Å². The number of hydrogen-bond acceptors (Lipinski definition) is 4. The predicted molar refractivity (Wildman–Crippen MR) is 102 cm³/mol. The molecule has 1 fully saturated rings. The fourth-order valence-electron chi connectivity index (χ4n) is 3.27. The Hall–Kier alpha value is -2.41. The summed E-state index contributed by atoms with van der Waals surface area (Å²) in [7, 11) is 1.42. The number of thiophene rings is 1. The third-order valence-electron chi connectivity index (χ3n) is 4.92. The second-order valence-corrected chi connectivity index (χ2v) is 7.62. The quantitative estimate of drug-likeness (QED) is 0.848. The summed E-state index contributed by atoms with van der Waals surface area (Å²) in [5.74, 6) is -0.424. The molecule has 0 bridgehead atoms. The Morgan fingerprint density at radius 2 is 2.04 bits per heavy atom. The highest BCUT2D eigenvalue weighted by Gasteiger charge is 2.28. The van der Waals surface area contributed by atoms with Crippen LogP contribution < -0.4 is 10.1 Å². The molecule has 5 nitrogen and oxygen atoms in total. The number of amides is 2. The molecule has 1 N–H and O–H groups in total. The molecule has 0 radical (unpaired) electrons. The van der Waals surface area contributed by atoms with Gasteiger partial charge in [0.2, 0.25) is 5.91 Å². The second-order valence-electron chi connectivity index (χ2n) is 6.67. The molecule has 2 amide bonds. The molecule has 1 aliphatic heterocycles. The topological polar surface area (TPSA) is 58.6 Å². The van der Waals surface area contributed by atoms with Crippen molar-refractivity contribution in [3.63, 3.8) is 0 Å². The van der Waals surface area contributed by atoms with E-state index in [1.165, 1.54) is 24.5 Å². The Bertz CT molecular complexity index is 802. The summed E-state index contributed by atoms with van der Waals surface area (Å²) in [5.41, 5.74) is 0.687. The molecule has 144 valence electrons. The number of halogens is 1. The third-order valence-corrected chi connectivity index (χ3v) is 5.78.